The summed E-state index contributed by atoms with van der Waals surface area (Å²) in [7, 11) is 0. The van der Waals surface area contributed by atoms with Crippen molar-refractivity contribution in [3.63, 3.8) is 0 Å². The predicted octanol–water partition coefficient (Wildman–Crippen LogP) is 3.95. The van der Waals surface area contributed by atoms with Gasteiger partial charge >= 0.3 is 0 Å². The number of hydrogen-bond donors (Lipinski definition) is 1. The summed E-state index contributed by atoms with van der Waals surface area (Å²) in [6.45, 7) is 4.39. The van der Waals surface area contributed by atoms with Crippen LogP contribution < -0.4 is 15.5 Å². The molecule has 9 heteroatoms. The summed E-state index contributed by atoms with van der Waals surface area (Å²) in [6, 6.07) is 16.8. The van der Waals surface area contributed by atoms with Crippen LogP contribution in [0, 0.1) is 0 Å². The molecule has 1 unspecified atom stereocenters. The van der Waals surface area contributed by atoms with Crippen molar-refractivity contribution in [2.45, 2.75) is 25.7 Å². The Labute approximate surface area is 224 Å². The van der Waals surface area contributed by atoms with Gasteiger partial charge in [0.25, 0.3) is 5.91 Å². The zero-order valence-corrected chi connectivity index (χ0v) is 21.5. The number of carbonyl (C=O) groups is 1. The zero-order valence-electron chi connectivity index (χ0n) is 20.7. The van der Waals surface area contributed by atoms with Crippen LogP contribution in [-0.2, 0) is 24.4 Å². The fraction of sp³-hybridized carbons (Fsp3) is 0.276. The number of carbonyl (C=O) groups excluding carboxylic acids is 1. The van der Waals surface area contributed by atoms with Crippen LogP contribution in [0.5, 0.6) is 5.75 Å². The molecule has 6 rings (SSSR count). The molecule has 1 N–H and O–H groups in total. The Kier molecular flexibility index (Phi) is 6.84. The Morgan fingerprint density at radius 3 is 2.66 bits per heavy atom. The number of rotatable bonds is 6. The van der Waals surface area contributed by atoms with Crippen LogP contribution in [0.3, 0.4) is 0 Å². The fourth-order valence-corrected chi connectivity index (χ4v) is 5.16. The van der Waals surface area contributed by atoms with Gasteiger partial charge in [-0.15, -0.1) is 0 Å². The maximum absolute atomic E-state index is 13.7. The van der Waals surface area contributed by atoms with Crippen molar-refractivity contribution in [1.82, 2.24) is 19.8 Å². The number of nitrogens with one attached hydrogen (secondary N) is 1. The molecule has 2 aromatic heterocycles. The van der Waals surface area contributed by atoms with E-state index in [0.717, 1.165) is 29.9 Å². The van der Waals surface area contributed by atoms with Crippen molar-refractivity contribution >= 4 is 28.4 Å². The Morgan fingerprint density at radius 1 is 1.08 bits per heavy atom. The van der Waals surface area contributed by atoms with Gasteiger partial charge in [0.2, 0.25) is 5.43 Å². The lowest BCUT2D eigenvalue weighted by Crippen LogP contribution is -2.36. The molecule has 2 aromatic carbocycles. The SMILES string of the molecule is O=C(NCc1ccc(Cl)cc1)c1cn2c3c(cc(CN4CCOCC4)cc3c1=O)OC(c1ccccn1)C2. The van der Waals surface area contributed by atoms with Crippen molar-refractivity contribution < 1.29 is 14.3 Å². The average Bonchev–Trinajstić information content (AvgIpc) is 2.95. The van der Waals surface area contributed by atoms with Crippen LogP contribution in [-0.4, -0.2) is 46.7 Å². The molecule has 1 amide bonds. The van der Waals surface area contributed by atoms with E-state index in [1.165, 1.54) is 0 Å². The van der Waals surface area contributed by atoms with Crippen molar-refractivity contribution in [3.8, 4) is 5.75 Å². The Balaban J connectivity index is 1.38. The quantitative estimate of drug-likeness (QED) is 0.406. The predicted molar refractivity (Wildman–Crippen MR) is 145 cm³/mol. The summed E-state index contributed by atoms with van der Waals surface area (Å²) >= 11 is 5.97. The van der Waals surface area contributed by atoms with Gasteiger partial charge in [-0.3, -0.25) is 19.5 Å². The van der Waals surface area contributed by atoms with Gasteiger partial charge in [-0.05, 0) is 47.5 Å². The molecule has 0 radical (unpaired) electrons. The highest BCUT2D eigenvalue weighted by Crippen LogP contribution is 2.36. The largest absolute Gasteiger partial charge is 0.480 e. The highest BCUT2D eigenvalue weighted by molar-refractivity contribution is 6.30. The Hall–Kier alpha value is -3.72. The normalized spacial score (nSPS) is 17.2. The highest BCUT2D eigenvalue weighted by atomic mass is 35.5. The Morgan fingerprint density at radius 2 is 1.89 bits per heavy atom. The minimum Gasteiger partial charge on any atom is -0.480 e. The molecule has 1 saturated heterocycles. The first kappa shape index (κ1) is 24.6. The van der Waals surface area contributed by atoms with E-state index in [-0.39, 0.29) is 23.6 Å². The number of amides is 1. The van der Waals surface area contributed by atoms with Crippen molar-refractivity contribution in [2.75, 3.05) is 26.3 Å². The van der Waals surface area contributed by atoms with E-state index in [2.05, 4.69) is 15.2 Å². The maximum atomic E-state index is 13.7. The van der Waals surface area contributed by atoms with Gasteiger partial charge in [0.15, 0.2) is 6.10 Å². The number of benzene rings is 2. The first-order valence-corrected chi connectivity index (χ1v) is 13.0. The number of morpholine rings is 1. The fourth-order valence-electron chi connectivity index (χ4n) is 5.03. The van der Waals surface area contributed by atoms with E-state index in [1.807, 2.05) is 47.0 Å². The maximum Gasteiger partial charge on any atom is 0.257 e. The summed E-state index contributed by atoms with van der Waals surface area (Å²) in [5, 5.41) is 3.99. The minimum atomic E-state index is -0.420. The van der Waals surface area contributed by atoms with E-state index in [0.29, 0.717) is 48.0 Å². The molecule has 38 heavy (non-hydrogen) atoms. The molecule has 194 valence electrons. The van der Waals surface area contributed by atoms with Gasteiger partial charge in [0, 0.05) is 43.6 Å². The molecule has 1 atom stereocenters. The van der Waals surface area contributed by atoms with Crippen molar-refractivity contribution in [2.24, 2.45) is 0 Å². The number of aromatic nitrogens is 2. The third-order valence-electron chi connectivity index (χ3n) is 6.97. The second kappa shape index (κ2) is 10.6. The highest BCUT2D eigenvalue weighted by Gasteiger charge is 2.28. The molecule has 2 aliphatic rings. The first-order valence-electron chi connectivity index (χ1n) is 12.7. The Bertz CT molecular complexity index is 1530. The zero-order chi connectivity index (χ0) is 26.1. The molecule has 0 saturated carbocycles. The van der Waals surface area contributed by atoms with E-state index in [4.69, 9.17) is 21.1 Å². The molecule has 0 spiro atoms. The summed E-state index contributed by atoms with van der Waals surface area (Å²) < 4.78 is 13.8. The van der Waals surface area contributed by atoms with E-state index < -0.39 is 5.91 Å². The minimum absolute atomic E-state index is 0.0996. The van der Waals surface area contributed by atoms with Crippen LogP contribution >= 0.6 is 11.6 Å². The van der Waals surface area contributed by atoms with Crippen molar-refractivity contribution in [1.29, 1.82) is 0 Å². The molecule has 4 aromatic rings. The molecule has 4 heterocycles. The number of ether oxygens (including phenoxy) is 2. The molecule has 8 nitrogen and oxygen atoms in total. The number of nitrogens with zero attached hydrogens (tertiary/aromatic N) is 3. The van der Waals surface area contributed by atoms with E-state index >= 15 is 0 Å². The molecule has 1 fully saturated rings. The monoisotopic (exact) mass is 530 g/mol. The second-order valence-corrected chi connectivity index (χ2v) is 10.0. The van der Waals surface area contributed by atoms with Gasteiger partial charge in [0.05, 0.1) is 36.4 Å². The smallest absolute Gasteiger partial charge is 0.257 e. The van der Waals surface area contributed by atoms with Gasteiger partial charge in [-0.2, -0.15) is 0 Å². The van der Waals surface area contributed by atoms with E-state index in [9.17, 15) is 9.59 Å². The number of hydrogen-bond acceptors (Lipinski definition) is 6. The summed E-state index contributed by atoms with van der Waals surface area (Å²) in [5.41, 5.74) is 3.12. The molecule has 2 aliphatic heterocycles. The van der Waals surface area contributed by atoms with Gasteiger partial charge < -0.3 is 19.4 Å². The lowest BCUT2D eigenvalue weighted by atomic mass is 10.0. The topological polar surface area (TPSA) is 85.7 Å². The lowest BCUT2D eigenvalue weighted by molar-refractivity contribution is 0.0341. The first-order chi connectivity index (χ1) is 18.5. The van der Waals surface area contributed by atoms with Crippen LogP contribution in [0.25, 0.3) is 10.9 Å². The number of halogens is 1. The summed E-state index contributed by atoms with van der Waals surface area (Å²) in [5.74, 6) is 0.203. The summed E-state index contributed by atoms with van der Waals surface area (Å²) in [6.07, 6.45) is 3.03. The lowest BCUT2D eigenvalue weighted by Gasteiger charge is -2.30. The van der Waals surface area contributed by atoms with Crippen LogP contribution in [0.4, 0.5) is 0 Å². The summed E-state index contributed by atoms with van der Waals surface area (Å²) in [4.78, 5) is 33.7. The van der Waals surface area contributed by atoms with Crippen molar-refractivity contribution in [3.05, 3.63) is 105 Å². The van der Waals surface area contributed by atoms with Crippen LogP contribution in [0.15, 0.2) is 71.8 Å². The van der Waals surface area contributed by atoms with E-state index in [1.54, 1.807) is 24.5 Å². The molecule has 0 aliphatic carbocycles. The molecule has 0 bridgehead atoms. The van der Waals surface area contributed by atoms with Gasteiger partial charge in [-0.25, -0.2) is 0 Å². The third-order valence-corrected chi connectivity index (χ3v) is 7.22. The average molecular weight is 531 g/mol. The molecular weight excluding hydrogens is 504 g/mol. The number of pyridine rings is 2. The standard InChI is InChI=1S/C29H27ClN4O4/c30-21-6-4-19(5-7-21)15-32-29(36)23-17-34-18-26(24-3-1-2-8-31-24)38-25-14-20(13-22(27(25)34)28(23)35)16-33-9-11-37-12-10-33/h1-8,13-14,17,26H,9-12,15-16,18H2,(H,32,36). The van der Waals surface area contributed by atoms with Crippen LogP contribution in [0.2, 0.25) is 5.02 Å². The second-order valence-electron chi connectivity index (χ2n) is 9.57. The molecular formula is C29H27ClN4O4. The van der Waals surface area contributed by atoms with Gasteiger partial charge in [0.1, 0.15) is 11.3 Å². The van der Waals surface area contributed by atoms with Gasteiger partial charge in [-0.1, -0.05) is 29.8 Å². The van der Waals surface area contributed by atoms with Crippen LogP contribution in [0.1, 0.15) is 33.3 Å². The third kappa shape index (κ3) is 5.03.